The van der Waals surface area contributed by atoms with Crippen LogP contribution in [0.3, 0.4) is 0 Å². The maximum absolute atomic E-state index is 13.3. The van der Waals surface area contributed by atoms with E-state index in [1.807, 2.05) is 18.2 Å². The van der Waals surface area contributed by atoms with Crippen molar-refractivity contribution >= 4 is 52.1 Å². The summed E-state index contributed by atoms with van der Waals surface area (Å²) in [6, 6.07) is 21.0. The zero-order chi connectivity index (χ0) is 22.7. The van der Waals surface area contributed by atoms with Gasteiger partial charge in [-0.15, -0.1) is 0 Å². The van der Waals surface area contributed by atoms with Crippen LogP contribution >= 0.6 is 23.8 Å². The lowest BCUT2D eigenvalue weighted by Crippen LogP contribution is -2.37. The van der Waals surface area contributed by atoms with E-state index in [1.165, 1.54) is 17.0 Å². The van der Waals surface area contributed by atoms with Gasteiger partial charge in [0, 0.05) is 17.3 Å². The third-order valence-electron chi connectivity index (χ3n) is 5.11. The molecule has 0 spiro atoms. The van der Waals surface area contributed by atoms with E-state index in [0.717, 1.165) is 5.56 Å². The molecule has 0 saturated carbocycles. The number of benzene rings is 3. The molecule has 0 aromatic heterocycles. The fraction of sp³-hybridized carbons (Fsp3) is 0.125. The summed E-state index contributed by atoms with van der Waals surface area (Å²) in [5.74, 6) is -0.958. The van der Waals surface area contributed by atoms with Crippen molar-refractivity contribution in [1.29, 1.82) is 0 Å². The molecule has 3 aromatic rings. The Morgan fingerprint density at radius 1 is 1.00 bits per heavy atom. The van der Waals surface area contributed by atoms with Crippen LogP contribution in [0.15, 0.2) is 78.9 Å². The number of rotatable bonds is 6. The standard InChI is InChI=1S/C24H19ClFN3O2S/c25-17-8-12-19(13-9-17)27-22(30)14-21-23(31)29(20-4-2-1-3-5-20)24(32)28(21)15-16-6-10-18(26)11-7-16/h1-13,21H,14-15H2,(H,27,30)/t21-/m1/s1. The zero-order valence-electron chi connectivity index (χ0n) is 16.9. The van der Waals surface area contributed by atoms with Crippen molar-refractivity contribution < 1.29 is 14.0 Å². The predicted molar refractivity (Wildman–Crippen MR) is 127 cm³/mol. The first-order valence-electron chi connectivity index (χ1n) is 9.92. The van der Waals surface area contributed by atoms with Crippen LogP contribution < -0.4 is 10.2 Å². The number of nitrogens with one attached hydrogen (secondary N) is 1. The molecule has 1 N–H and O–H groups in total. The van der Waals surface area contributed by atoms with Gasteiger partial charge in [0.25, 0.3) is 5.91 Å². The number of anilines is 2. The van der Waals surface area contributed by atoms with Gasteiger partial charge >= 0.3 is 0 Å². The number of hydrogen-bond donors (Lipinski definition) is 1. The van der Waals surface area contributed by atoms with Crippen LogP contribution in [0.1, 0.15) is 12.0 Å². The van der Waals surface area contributed by atoms with Gasteiger partial charge < -0.3 is 10.2 Å². The molecule has 1 aliphatic rings. The van der Waals surface area contributed by atoms with Crippen LogP contribution in [0.2, 0.25) is 5.02 Å². The van der Waals surface area contributed by atoms with E-state index in [0.29, 0.717) is 21.5 Å². The average molecular weight is 468 g/mol. The molecule has 162 valence electrons. The lowest BCUT2D eigenvalue weighted by atomic mass is 10.1. The van der Waals surface area contributed by atoms with Crippen LogP contribution in [0.25, 0.3) is 0 Å². The molecule has 0 radical (unpaired) electrons. The van der Waals surface area contributed by atoms with Gasteiger partial charge in [-0.05, 0) is 66.3 Å². The second-order valence-electron chi connectivity index (χ2n) is 7.32. The van der Waals surface area contributed by atoms with Crippen LogP contribution in [-0.4, -0.2) is 27.9 Å². The van der Waals surface area contributed by atoms with Crippen LogP contribution in [0.4, 0.5) is 15.8 Å². The van der Waals surface area contributed by atoms with Gasteiger partial charge in [0.15, 0.2) is 5.11 Å². The number of carbonyl (C=O) groups is 2. The molecule has 1 atom stereocenters. The number of nitrogens with zero attached hydrogens (tertiary/aromatic N) is 2. The van der Waals surface area contributed by atoms with E-state index in [-0.39, 0.29) is 30.6 Å². The molecule has 32 heavy (non-hydrogen) atoms. The highest BCUT2D eigenvalue weighted by Crippen LogP contribution is 2.29. The molecule has 1 heterocycles. The Bertz CT molecular complexity index is 1140. The van der Waals surface area contributed by atoms with Crippen molar-refractivity contribution in [2.45, 2.75) is 19.0 Å². The number of halogens is 2. The molecular formula is C24H19ClFN3O2S. The van der Waals surface area contributed by atoms with Crippen molar-refractivity contribution in [3.05, 3.63) is 95.3 Å². The van der Waals surface area contributed by atoms with Crippen molar-refractivity contribution in [2.24, 2.45) is 0 Å². The molecule has 0 aliphatic carbocycles. The first-order chi connectivity index (χ1) is 15.4. The first kappa shape index (κ1) is 21.9. The summed E-state index contributed by atoms with van der Waals surface area (Å²) in [6.45, 7) is 0.271. The highest BCUT2D eigenvalue weighted by Gasteiger charge is 2.44. The Morgan fingerprint density at radius 2 is 1.66 bits per heavy atom. The number of hydrogen-bond acceptors (Lipinski definition) is 3. The summed E-state index contributed by atoms with van der Waals surface area (Å²) in [5, 5.41) is 3.65. The van der Waals surface area contributed by atoms with Gasteiger partial charge in [-0.3, -0.25) is 14.5 Å². The number of carbonyl (C=O) groups excluding carboxylic acids is 2. The van der Waals surface area contributed by atoms with Crippen LogP contribution in [0, 0.1) is 5.82 Å². The summed E-state index contributed by atoms with van der Waals surface area (Å²) in [6.07, 6.45) is -0.0911. The quantitative estimate of drug-likeness (QED) is 0.518. The largest absolute Gasteiger partial charge is 0.332 e. The molecule has 1 fully saturated rings. The molecule has 2 amide bonds. The average Bonchev–Trinajstić information content (AvgIpc) is 3.01. The van der Waals surface area contributed by atoms with E-state index in [9.17, 15) is 14.0 Å². The van der Waals surface area contributed by atoms with E-state index >= 15 is 0 Å². The molecule has 3 aromatic carbocycles. The minimum Gasteiger partial charge on any atom is -0.332 e. The molecule has 1 saturated heterocycles. The summed E-state index contributed by atoms with van der Waals surface area (Å²) >= 11 is 11.5. The fourth-order valence-corrected chi connectivity index (χ4v) is 4.05. The Balaban J connectivity index is 1.58. The summed E-state index contributed by atoms with van der Waals surface area (Å²) in [7, 11) is 0. The highest BCUT2D eigenvalue weighted by molar-refractivity contribution is 7.80. The molecule has 0 bridgehead atoms. The summed E-state index contributed by atoms with van der Waals surface area (Å²) in [4.78, 5) is 29.3. The molecule has 0 unspecified atom stereocenters. The van der Waals surface area contributed by atoms with Gasteiger partial charge in [0.05, 0.1) is 12.1 Å². The fourth-order valence-electron chi connectivity index (χ4n) is 3.54. The van der Waals surface area contributed by atoms with E-state index in [4.69, 9.17) is 23.8 Å². The minimum atomic E-state index is -0.792. The van der Waals surface area contributed by atoms with E-state index < -0.39 is 6.04 Å². The van der Waals surface area contributed by atoms with Crippen molar-refractivity contribution in [1.82, 2.24) is 4.90 Å². The van der Waals surface area contributed by atoms with Crippen molar-refractivity contribution in [3.8, 4) is 0 Å². The van der Waals surface area contributed by atoms with Gasteiger partial charge in [0.2, 0.25) is 5.91 Å². The van der Waals surface area contributed by atoms with E-state index in [1.54, 1.807) is 53.4 Å². The normalized spacial score (nSPS) is 15.9. The number of para-hydroxylation sites is 1. The lowest BCUT2D eigenvalue weighted by molar-refractivity contribution is -0.124. The van der Waals surface area contributed by atoms with Gasteiger partial charge in [-0.1, -0.05) is 41.9 Å². The molecular weight excluding hydrogens is 449 g/mol. The van der Waals surface area contributed by atoms with Crippen molar-refractivity contribution in [2.75, 3.05) is 10.2 Å². The van der Waals surface area contributed by atoms with Crippen molar-refractivity contribution in [3.63, 3.8) is 0 Å². The number of thiocarbonyl (C=S) groups is 1. The SMILES string of the molecule is O=C(C[C@@H]1C(=O)N(c2ccccc2)C(=S)N1Cc1ccc(F)cc1)Nc1ccc(Cl)cc1. The topological polar surface area (TPSA) is 52.7 Å². The Hall–Kier alpha value is -3.29. The molecule has 4 rings (SSSR count). The summed E-state index contributed by atoms with van der Waals surface area (Å²) in [5.41, 5.74) is 1.99. The van der Waals surface area contributed by atoms with Crippen LogP contribution in [-0.2, 0) is 16.1 Å². The minimum absolute atomic E-state index is 0.0911. The summed E-state index contributed by atoms with van der Waals surface area (Å²) < 4.78 is 13.3. The zero-order valence-corrected chi connectivity index (χ0v) is 18.4. The van der Waals surface area contributed by atoms with Gasteiger partial charge in [-0.2, -0.15) is 0 Å². The third kappa shape index (κ3) is 4.79. The molecule has 1 aliphatic heterocycles. The Kier molecular flexibility index (Phi) is 6.48. The van der Waals surface area contributed by atoms with Crippen LogP contribution in [0.5, 0.6) is 0 Å². The monoisotopic (exact) mass is 467 g/mol. The highest BCUT2D eigenvalue weighted by atomic mass is 35.5. The Labute approximate surface area is 195 Å². The maximum Gasteiger partial charge on any atom is 0.256 e. The maximum atomic E-state index is 13.3. The second kappa shape index (κ2) is 9.46. The molecule has 8 heteroatoms. The lowest BCUT2D eigenvalue weighted by Gasteiger charge is -2.24. The predicted octanol–water partition coefficient (Wildman–Crippen LogP) is 5.01. The van der Waals surface area contributed by atoms with Gasteiger partial charge in [-0.25, -0.2) is 4.39 Å². The smallest absolute Gasteiger partial charge is 0.256 e. The molecule has 5 nitrogen and oxygen atoms in total. The van der Waals surface area contributed by atoms with E-state index in [2.05, 4.69) is 5.32 Å². The van der Waals surface area contributed by atoms with Gasteiger partial charge in [0.1, 0.15) is 11.9 Å². The third-order valence-corrected chi connectivity index (χ3v) is 5.78. The Morgan fingerprint density at radius 3 is 2.31 bits per heavy atom. The number of amides is 2. The first-order valence-corrected chi connectivity index (χ1v) is 10.7. The second-order valence-corrected chi connectivity index (χ2v) is 8.12.